The standard InChI is InChI=1S/C17H25N3S/c1-12(2)11-18-19-17-20(8-9-21-17)16-10-14(5)6-7-15(16)13(3)4/h6-7,10-13H,8-9H2,1-5H3/b18-11+,19-17-. The number of amidine groups is 1. The van der Waals surface area contributed by atoms with Gasteiger partial charge in [-0.3, -0.25) is 0 Å². The lowest BCUT2D eigenvalue weighted by Gasteiger charge is -2.23. The van der Waals surface area contributed by atoms with Crippen LogP contribution in [0.2, 0.25) is 0 Å². The van der Waals surface area contributed by atoms with Gasteiger partial charge in [-0.15, -0.1) is 5.10 Å². The van der Waals surface area contributed by atoms with E-state index in [1.54, 1.807) is 11.8 Å². The maximum Gasteiger partial charge on any atom is 0.190 e. The van der Waals surface area contributed by atoms with Crippen molar-refractivity contribution in [2.24, 2.45) is 16.1 Å². The van der Waals surface area contributed by atoms with Crippen LogP contribution in [0.25, 0.3) is 0 Å². The molecule has 0 bridgehead atoms. The highest BCUT2D eigenvalue weighted by Gasteiger charge is 2.24. The number of nitrogens with zero attached hydrogens (tertiary/aromatic N) is 3. The third-order valence-electron chi connectivity index (χ3n) is 3.38. The summed E-state index contributed by atoms with van der Waals surface area (Å²) in [4.78, 5) is 2.31. The van der Waals surface area contributed by atoms with Crippen LogP contribution in [-0.4, -0.2) is 23.7 Å². The van der Waals surface area contributed by atoms with Gasteiger partial charge < -0.3 is 4.90 Å². The Labute approximate surface area is 132 Å². The molecule has 0 saturated carbocycles. The first-order valence-electron chi connectivity index (χ1n) is 7.61. The maximum absolute atomic E-state index is 4.43. The van der Waals surface area contributed by atoms with Crippen molar-refractivity contribution in [3.63, 3.8) is 0 Å². The first-order valence-corrected chi connectivity index (χ1v) is 8.59. The number of hydrogen-bond acceptors (Lipinski definition) is 3. The Bertz CT molecular complexity index is 547. The average molecular weight is 303 g/mol. The molecule has 1 aromatic carbocycles. The van der Waals surface area contributed by atoms with Gasteiger partial charge in [0.05, 0.1) is 0 Å². The van der Waals surface area contributed by atoms with Crippen LogP contribution in [0.15, 0.2) is 28.4 Å². The van der Waals surface area contributed by atoms with E-state index < -0.39 is 0 Å². The van der Waals surface area contributed by atoms with Gasteiger partial charge in [0.1, 0.15) is 0 Å². The van der Waals surface area contributed by atoms with Gasteiger partial charge in [0.2, 0.25) is 0 Å². The first-order chi connectivity index (χ1) is 9.99. The van der Waals surface area contributed by atoms with Crippen LogP contribution in [0.3, 0.4) is 0 Å². The van der Waals surface area contributed by atoms with E-state index in [1.807, 2.05) is 6.21 Å². The van der Waals surface area contributed by atoms with E-state index in [2.05, 4.69) is 67.9 Å². The zero-order valence-electron chi connectivity index (χ0n) is 13.6. The van der Waals surface area contributed by atoms with E-state index >= 15 is 0 Å². The molecule has 1 heterocycles. The largest absolute Gasteiger partial charge is 0.318 e. The summed E-state index contributed by atoms with van der Waals surface area (Å²) in [6, 6.07) is 6.70. The number of anilines is 1. The number of benzene rings is 1. The molecule has 0 N–H and O–H groups in total. The van der Waals surface area contributed by atoms with Gasteiger partial charge in [0, 0.05) is 24.2 Å². The number of rotatable bonds is 4. The van der Waals surface area contributed by atoms with Gasteiger partial charge in [-0.05, 0) is 36.0 Å². The molecule has 0 amide bonds. The average Bonchev–Trinajstić information content (AvgIpc) is 2.86. The summed E-state index contributed by atoms with van der Waals surface area (Å²) < 4.78 is 0. The summed E-state index contributed by atoms with van der Waals surface area (Å²) in [6.45, 7) is 11.9. The Morgan fingerprint density at radius 1 is 1.24 bits per heavy atom. The molecule has 0 spiro atoms. The molecule has 0 aliphatic carbocycles. The third kappa shape index (κ3) is 4.10. The molecule has 0 atom stereocenters. The van der Waals surface area contributed by atoms with Gasteiger partial charge in [0.15, 0.2) is 5.17 Å². The Morgan fingerprint density at radius 2 is 2.00 bits per heavy atom. The molecule has 0 aromatic heterocycles. The lowest BCUT2D eigenvalue weighted by atomic mass is 9.99. The second-order valence-electron chi connectivity index (χ2n) is 6.11. The molecule has 1 aliphatic rings. The molecule has 1 fully saturated rings. The van der Waals surface area contributed by atoms with E-state index in [9.17, 15) is 0 Å². The van der Waals surface area contributed by atoms with Crippen LogP contribution in [0.4, 0.5) is 5.69 Å². The molecule has 0 unspecified atom stereocenters. The van der Waals surface area contributed by atoms with E-state index in [1.165, 1.54) is 16.8 Å². The molecule has 21 heavy (non-hydrogen) atoms. The molecule has 1 aromatic rings. The summed E-state index contributed by atoms with van der Waals surface area (Å²) in [5, 5.41) is 9.67. The van der Waals surface area contributed by atoms with Gasteiger partial charge in [0.25, 0.3) is 0 Å². The SMILES string of the molecule is Cc1ccc(C(C)C)c(N2CCS/C2=N\N=C\C(C)C)c1. The minimum absolute atomic E-state index is 0.430. The summed E-state index contributed by atoms with van der Waals surface area (Å²) in [7, 11) is 0. The van der Waals surface area contributed by atoms with Crippen LogP contribution < -0.4 is 4.90 Å². The maximum atomic E-state index is 4.43. The third-order valence-corrected chi connectivity index (χ3v) is 4.33. The topological polar surface area (TPSA) is 28.0 Å². The predicted molar refractivity (Wildman–Crippen MR) is 95.8 cm³/mol. The van der Waals surface area contributed by atoms with Crippen LogP contribution >= 0.6 is 11.8 Å². The van der Waals surface area contributed by atoms with Crippen LogP contribution in [0, 0.1) is 12.8 Å². The lowest BCUT2D eigenvalue weighted by molar-refractivity contribution is 0.859. The minimum atomic E-state index is 0.430. The number of aryl methyl sites for hydroxylation is 1. The van der Waals surface area contributed by atoms with Crippen molar-refractivity contribution in [2.75, 3.05) is 17.2 Å². The van der Waals surface area contributed by atoms with Crippen molar-refractivity contribution < 1.29 is 0 Å². The normalized spacial score (nSPS) is 17.9. The van der Waals surface area contributed by atoms with Crippen molar-refractivity contribution in [1.82, 2.24) is 0 Å². The second kappa shape index (κ2) is 7.12. The first kappa shape index (κ1) is 16.1. The predicted octanol–water partition coefficient (Wildman–Crippen LogP) is 4.67. The van der Waals surface area contributed by atoms with Crippen molar-refractivity contribution in [1.29, 1.82) is 0 Å². The molecule has 4 heteroatoms. The summed E-state index contributed by atoms with van der Waals surface area (Å²) in [6.07, 6.45) is 1.89. The van der Waals surface area contributed by atoms with Crippen molar-refractivity contribution in [3.05, 3.63) is 29.3 Å². The van der Waals surface area contributed by atoms with Crippen LogP contribution in [0.5, 0.6) is 0 Å². The molecule has 1 aliphatic heterocycles. The Kier molecular flexibility index (Phi) is 5.45. The van der Waals surface area contributed by atoms with Crippen molar-refractivity contribution in [3.8, 4) is 0 Å². The Balaban J connectivity index is 2.34. The molecule has 3 nitrogen and oxygen atoms in total. The van der Waals surface area contributed by atoms with Crippen molar-refractivity contribution >= 4 is 28.8 Å². The molecular weight excluding hydrogens is 278 g/mol. The fourth-order valence-electron chi connectivity index (χ4n) is 2.30. The molecular formula is C17H25N3S. The molecule has 1 saturated heterocycles. The number of thioether (sulfide) groups is 1. The van der Waals surface area contributed by atoms with E-state index in [0.717, 1.165) is 17.5 Å². The fourth-order valence-corrected chi connectivity index (χ4v) is 3.21. The Hall–Kier alpha value is -1.29. The Morgan fingerprint density at radius 3 is 2.67 bits per heavy atom. The summed E-state index contributed by atoms with van der Waals surface area (Å²) >= 11 is 1.79. The fraction of sp³-hybridized carbons (Fsp3) is 0.529. The zero-order valence-corrected chi connectivity index (χ0v) is 14.4. The second-order valence-corrected chi connectivity index (χ2v) is 7.17. The summed E-state index contributed by atoms with van der Waals surface area (Å²) in [5.41, 5.74) is 3.95. The molecule has 114 valence electrons. The van der Waals surface area contributed by atoms with E-state index in [0.29, 0.717) is 11.8 Å². The van der Waals surface area contributed by atoms with Gasteiger partial charge in [-0.1, -0.05) is 51.6 Å². The summed E-state index contributed by atoms with van der Waals surface area (Å²) in [5.74, 6) is 2.01. The van der Waals surface area contributed by atoms with Gasteiger partial charge >= 0.3 is 0 Å². The zero-order chi connectivity index (χ0) is 15.4. The monoisotopic (exact) mass is 303 g/mol. The highest BCUT2D eigenvalue weighted by Crippen LogP contribution is 2.33. The highest BCUT2D eigenvalue weighted by molar-refractivity contribution is 8.14. The quantitative estimate of drug-likeness (QED) is 0.597. The number of hydrogen-bond donors (Lipinski definition) is 0. The molecule has 2 rings (SSSR count). The van der Waals surface area contributed by atoms with Gasteiger partial charge in [-0.2, -0.15) is 5.10 Å². The smallest absolute Gasteiger partial charge is 0.190 e. The van der Waals surface area contributed by atoms with Gasteiger partial charge in [-0.25, -0.2) is 0 Å². The minimum Gasteiger partial charge on any atom is -0.318 e. The van der Waals surface area contributed by atoms with Crippen LogP contribution in [-0.2, 0) is 0 Å². The van der Waals surface area contributed by atoms with Crippen LogP contribution in [0.1, 0.15) is 44.7 Å². The van der Waals surface area contributed by atoms with E-state index in [-0.39, 0.29) is 0 Å². The molecule has 0 radical (unpaired) electrons. The van der Waals surface area contributed by atoms with Crippen molar-refractivity contribution in [2.45, 2.75) is 40.5 Å². The van der Waals surface area contributed by atoms with E-state index in [4.69, 9.17) is 0 Å². The lowest BCUT2D eigenvalue weighted by Crippen LogP contribution is -2.25. The highest BCUT2D eigenvalue weighted by atomic mass is 32.2.